The van der Waals surface area contributed by atoms with E-state index in [9.17, 15) is 9.59 Å². The number of hydrogen-bond donors (Lipinski definition) is 1. The van der Waals surface area contributed by atoms with Gasteiger partial charge in [0, 0.05) is 10.4 Å². The van der Waals surface area contributed by atoms with Crippen LogP contribution in [0.25, 0.3) is 0 Å². The number of benzene rings is 1. The number of hydrogen-bond acceptors (Lipinski definition) is 6. The molecule has 1 aliphatic heterocycles. The van der Waals surface area contributed by atoms with Crippen LogP contribution in [0.2, 0.25) is 0 Å². The van der Waals surface area contributed by atoms with Gasteiger partial charge in [0.2, 0.25) is 6.23 Å². The molecule has 0 bridgehead atoms. The molecular weight excluding hydrogens is 386 g/mol. The lowest BCUT2D eigenvalue weighted by atomic mass is 9.72. The number of rotatable bonds is 4. The number of ether oxygens (including phenoxy) is 2. The molecule has 0 saturated heterocycles. The Hall–Kier alpha value is -2.34. The Labute approximate surface area is 175 Å². The zero-order chi connectivity index (χ0) is 20.8. The Bertz CT molecular complexity index is 956. The molecular formula is C23H27NO4S. The first kappa shape index (κ1) is 20.0. The van der Waals surface area contributed by atoms with Crippen LogP contribution in [0.4, 0.5) is 5.00 Å². The quantitative estimate of drug-likeness (QED) is 0.684. The summed E-state index contributed by atoms with van der Waals surface area (Å²) in [7, 11) is 0. The van der Waals surface area contributed by atoms with Crippen LogP contribution in [-0.2, 0) is 22.3 Å². The summed E-state index contributed by atoms with van der Waals surface area (Å²) in [5.41, 5.74) is 3.29. The molecule has 2 aliphatic rings. The average Bonchev–Trinajstić information content (AvgIpc) is 3.19. The van der Waals surface area contributed by atoms with Crippen molar-refractivity contribution in [2.24, 2.45) is 11.3 Å². The van der Waals surface area contributed by atoms with E-state index in [1.165, 1.54) is 4.88 Å². The standard InChI is InChI=1S/C23H27NO4S/c1-5-27-22(26)18-16-11-10-13(23(2,3)4)12-17(16)29-20(18)24-19-14-8-6-7-9-15(14)21(25)28-19/h6-9,13,19,24H,5,10-12H2,1-4H3/t13-,19+/m0/s1. The Morgan fingerprint density at radius 2 is 2.07 bits per heavy atom. The highest BCUT2D eigenvalue weighted by molar-refractivity contribution is 7.16. The molecule has 1 aromatic carbocycles. The summed E-state index contributed by atoms with van der Waals surface area (Å²) in [6.45, 7) is 8.97. The second-order valence-corrected chi connectivity index (χ2v) is 9.86. The predicted molar refractivity (Wildman–Crippen MR) is 113 cm³/mol. The number of esters is 2. The van der Waals surface area contributed by atoms with Gasteiger partial charge in [0.25, 0.3) is 0 Å². The fourth-order valence-electron chi connectivity index (χ4n) is 4.22. The molecule has 0 fully saturated rings. The van der Waals surface area contributed by atoms with Gasteiger partial charge in [-0.2, -0.15) is 0 Å². The summed E-state index contributed by atoms with van der Waals surface area (Å²) in [4.78, 5) is 26.2. The molecule has 0 unspecified atom stereocenters. The number of cyclic esters (lactones) is 1. The minimum Gasteiger partial charge on any atom is -0.462 e. The number of anilines is 1. The maximum absolute atomic E-state index is 12.8. The smallest absolute Gasteiger partial charge is 0.341 e. The molecule has 4 rings (SSSR count). The van der Waals surface area contributed by atoms with Gasteiger partial charge < -0.3 is 14.8 Å². The monoisotopic (exact) mass is 413 g/mol. The number of nitrogens with one attached hydrogen (secondary N) is 1. The van der Waals surface area contributed by atoms with Crippen molar-refractivity contribution in [1.82, 2.24) is 0 Å². The van der Waals surface area contributed by atoms with Crippen molar-refractivity contribution in [3.63, 3.8) is 0 Å². The molecule has 2 heterocycles. The van der Waals surface area contributed by atoms with Crippen molar-refractivity contribution >= 4 is 28.3 Å². The zero-order valence-corrected chi connectivity index (χ0v) is 18.2. The van der Waals surface area contributed by atoms with E-state index in [2.05, 4.69) is 26.1 Å². The Morgan fingerprint density at radius 3 is 2.79 bits per heavy atom. The van der Waals surface area contributed by atoms with Crippen molar-refractivity contribution in [3.05, 3.63) is 51.4 Å². The van der Waals surface area contributed by atoms with Crippen LogP contribution in [0.3, 0.4) is 0 Å². The van der Waals surface area contributed by atoms with Crippen LogP contribution in [0.5, 0.6) is 0 Å². The molecule has 5 nitrogen and oxygen atoms in total. The fraction of sp³-hybridized carbons (Fsp3) is 0.478. The van der Waals surface area contributed by atoms with E-state index in [1.54, 1.807) is 17.4 Å². The second-order valence-electron chi connectivity index (χ2n) is 8.75. The highest BCUT2D eigenvalue weighted by Gasteiger charge is 2.36. The summed E-state index contributed by atoms with van der Waals surface area (Å²) in [5.74, 6) is -0.0780. The minimum absolute atomic E-state index is 0.222. The number of carbonyl (C=O) groups is 2. The molecule has 0 spiro atoms. The Kier molecular flexibility index (Phi) is 5.15. The molecule has 1 aromatic heterocycles. The van der Waals surface area contributed by atoms with Gasteiger partial charge in [-0.15, -0.1) is 11.3 Å². The van der Waals surface area contributed by atoms with Gasteiger partial charge >= 0.3 is 11.9 Å². The van der Waals surface area contributed by atoms with Crippen molar-refractivity contribution in [1.29, 1.82) is 0 Å². The van der Waals surface area contributed by atoms with E-state index in [1.807, 2.05) is 25.1 Å². The fourth-order valence-corrected chi connectivity index (χ4v) is 5.55. The maximum atomic E-state index is 12.8. The van der Waals surface area contributed by atoms with E-state index in [4.69, 9.17) is 9.47 Å². The lowest BCUT2D eigenvalue weighted by molar-refractivity contribution is 0.0437. The van der Waals surface area contributed by atoms with Crippen molar-refractivity contribution < 1.29 is 19.1 Å². The van der Waals surface area contributed by atoms with Crippen LogP contribution in [0.15, 0.2) is 24.3 Å². The second kappa shape index (κ2) is 7.48. The summed E-state index contributed by atoms with van der Waals surface area (Å²) in [6, 6.07) is 7.35. The highest BCUT2D eigenvalue weighted by atomic mass is 32.1. The summed E-state index contributed by atoms with van der Waals surface area (Å²) in [5, 5.41) is 4.05. The Balaban J connectivity index is 1.69. The summed E-state index contributed by atoms with van der Waals surface area (Å²) in [6.07, 6.45) is 2.29. The molecule has 154 valence electrons. The van der Waals surface area contributed by atoms with Gasteiger partial charge in [0.15, 0.2) is 0 Å². The lowest BCUT2D eigenvalue weighted by Crippen LogP contribution is -2.26. The molecule has 2 aromatic rings. The van der Waals surface area contributed by atoms with Crippen molar-refractivity contribution in [3.8, 4) is 0 Å². The molecule has 1 aliphatic carbocycles. The third kappa shape index (κ3) is 3.66. The van der Waals surface area contributed by atoms with E-state index < -0.39 is 6.23 Å². The number of carbonyl (C=O) groups excluding carboxylic acids is 2. The predicted octanol–water partition coefficient (Wildman–Crippen LogP) is 5.36. The molecule has 0 radical (unpaired) electrons. The first-order valence-electron chi connectivity index (χ1n) is 10.2. The maximum Gasteiger partial charge on any atom is 0.341 e. The molecule has 0 amide bonds. The van der Waals surface area contributed by atoms with E-state index >= 15 is 0 Å². The van der Waals surface area contributed by atoms with Crippen LogP contribution < -0.4 is 5.32 Å². The lowest BCUT2D eigenvalue weighted by Gasteiger charge is -2.33. The van der Waals surface area contributed by atoms with Gasteiger partial charge in [0.1, 0.15) is 5.00 Å². The molecule has 6 heteroatoms. The first-order chi connectivity index (χ1) is 13.8. The van der Waals surface area contributed by atoms with Crippen LogP contribution >= 0.6 is 11.3 Å². The van der Waals surface area contributed by atoms with Crippen molar-refractivity contribution in [2.75, 3.05) is 11.9 Å². The zero-order valence-electron chi connectivity index (χ0n) is 17.3. The number of thiophene rings is 1. The SMILES string of the molecule is CCOC(=O)c1c(N[C@@H]2OC(=O)c3ccccc32)sc2c1CC[C@H](C(C)(C)C)C2. The largest absolute Gasteiger partial charge is 0.462 e. The van der Waals surface area contributed by atoms with E-state index in [0.29, 0.717) is 23.7 Å². The normalized spacial score (nSPS) is 20.6. The minimum atomic E-state index is -0.592. The van der Waals surface area contributed by atoms with E-state index in [-0.39, 0.29) is 17.4 Å². The molecule has 29 heavy (non-hydrogen) atoms. The van der Waals surface area contributed by atoms with Gasteiger partial charge in [-0.3, -0.25) is 0 Å². The average molecular weight is 414 g/mol. The third-order valence-electron chi connectivity index (χ3n) is 5.92. The Morgan fingerprint density at radius 1 is 1.31 bits per heavy atom. The third-order valence-corrected chi connectivity index (χ3v) is 7.11. The summed E-state index contributed by atoms with van der Waals surface area (Å²) < 4.78 is 10.9. The van der Waals surface area contributed by atoms with Crippen molar-refractivity contribution in [2.45, 2.75) is 53.2 Å². The molecule has 1 N–H and O–H groups in total. The molecule has 0 saturated carbocycles. The first-order valence-corrected chi connectivity index (χ1v) is 11.0. The highest BCUT2D eigenvalue weighted by Crippen LogP contribution is 2.46. The number of fused-ring (bicyclic) bond motifs is 2. The van der Waals surface area contributed by atoms with Gasteiger partial charge in [-0.05, 0) is 49.1 Å². The van der Waals surface area contributed by atoms with Gasteiger partial charge in [-0.1, -0.05) is 39.0 Å². The van der Waals surface area contributed by atoms with Crippen LogP contribution in [-0.4, -0.2) is 18.5 Å². The van der Waals surface area contributed by atoms with E-state index in [0.717, 1.165) is 35.4 Å². The van der Waals surface area contributed by atoms with Crippen LogP contribution in [0.1, 0.15) is 77.1 Å². The summed E-state index contributed by atoms with van der Waals surface area (Å²) >= 11 is 1.60. The van der Waals surface area contributed by atoms with Crippen LogP contribution in [0, 0.1) is 11.3 Å². The topological polar surface area (TPSA) is 64.6 Å². The van der Waals surface area contributed by atoms with Gasteiger partial charge in [0.05, 0.1) is 17.7 Å². The molecule has 2 atom stereocenters. The van der Waals surface area contributed by atoms with Gasteiger partial charge in [-0.25, -0.2) is 9.59 Å².